The van der Waals surface area contributed by atoms with Crippen LogP contribution in [0, 0.1) is 0 Å². The Bertz CT molecular complexity index is 366. The van der Waals surface area contributed by atoms with E-state index in [4.69, 9.17) is 4.74 Å². The molecule has 0 amide bonds. The predicted molar refractivity (Wildman–Crippen MR) is 76.4 cm³/mol. The van der Waals surface area contributed by atoms with E-state index in [1.54, 1.807) is 0 Å². The molecule has 1 heterocycles. The second-order valence-electron chi connectivity index (χ2n) is 4.49. The maximum Gasteiger partial charge on any atom is 0.118 e. The van der Waals surface area contributed by atoms with Gasteiger partial charge in [0.25, 0.3) is 0 Å². The van der Waals surface area contributed by atoms with Crippen molar-refractivity contribution in [2.24, 2.45) is 0 Å². The first-order valence-electron chi connectivity index (χ1n) is 6.37. The van der Waals surface area contributed by atoms with Gasteiger partial charge >= 0.3 is 0 Å². The highest BCUT2D eigenvalue weighted by Crippen LogP contribution is 2.17. The van der Waals surface area contributed by atoms with Gasteiger partial charge < -0.3 is 4.74 Å². The lowest BCUT2D eigenvalue weighted by atomic mass is 10.2. The highest BCUT2D eigenvalue weighted by molar-refractivity contribution is 6.71. The van der Waals surface area contributed by atoms with Crippen LogP contribution >= 0.6 is 0 Å². The molecule has 0 aliphatic carbocycles. The molecule has 1 aromatic rings. The van der Waals surface area contributed by atoms with Crippen molar-refractivity contribution in [1.82, 2.24) is 0 Å². The molecule has 1 fully saturated rings. The highest BCUT2D eigenvalue weighted by atomic mass is 28.3. The molecule has 0 bridgehead atoms. The average Bonchev–Trinajstić information content (AvgIpc) is 2.42. The summed E-state index contributed by atoms with van der Waals surface area (Å²) in [4.78, 5) is 0. The summed E-state index contributed by atoms with van der Waals surface area (Å²) < 4.78 is 5.86. The van der Waals surface area contributed by atoms with Gasteiger partial charge in [-0.3, -0.25) is 0 Å². The van der Waals surface area contributed by atoms with Gasteiger partial charge in [-0.25, -0.2) is 0 Å². The molecule has 0 saturated carbocycles. The Balaban J connectivity index is 1.99. The highest BCUT2D eigenvalue weighted by Gasteiger charge is 2.21. The summed E-state index contributed by atoms with van der Waals surface area (Å²) in [5.41, 5.74) is 6.21. The summed E-state index contributed by atoms with van der Waals surface area (Å²) in [6.45, 7) is 4.91. The van der Waals surface area contributed by atoms with Crippen molar-refractivity contribution in [1.29, 1.82) is 0 Å². The van der Waals surface area contributed by atoms with Gasteiger partial charge in [-0.2, -0.15) is 0 Å². The molecule has 2 atom stereocenters. The minimum atomic E-state index is -1.10. The molecule has 2 unspecified atom stereocenters. The van der Waals surface area contributed by atoms with Crippen molar-refractivity contribution in [2.45, 2.75) is 25.0 Å². The number of hydrogen-bond donors (Lipinski definition) is 0. The normalized spacial score (nSPS) is 22.5. The molecule has 1 nitrogen and oxygen atoms in total. The van der Waals surface area contributed by atoms with Crippen LogP contribution in [-0.2, 0) is 4.74 Å². The number of benzene rings is 1. The Morgan fingerprint density at radius 3 is 2.71 bits per heavy atom. The van der Waals surface area contributed by atoms with Crippen LogP contribution in [-0.4, -0.2) is 21.1 Å². The molecular weight excluding hydrogens is 224 g/mol. The number of ether oxygens (including phenoxy) is 1. The standard InChI is InChI=1S/C15H20OSi/c1-2-17(15-10-6-7-12-16-15)13-11-14-8-4-3-5-9-14/h2-5,8-9,11,13,15,17H,1,6-7,10,12H2. The fourth-order valence-corrected chi connectivity index (χ4v) is 4.34. The van der Waals surface area contributed by atoms with E-state index in [1.165, 1.54) is 24.8 Å². The van der Waals surface area contributed by atoms with E-state index in [0.29, 0.717) is 5.73 Å². The van der Waals surface area contributed by atoms with Gasteiger partial charge in [-0.15, -0.1) is 6.58 Å². The zero-order valence-electron chi connectivity index (χ0n) is 10.2. The molecule has 0 N–H and O–H groups in total. The first kappa shape index (κ1) is 12.3. The molecule has 1 aromatic carbocycles. The molecule has 1 aliphatic rings. The van der Waals surface area contributed by atoms with Crippen molar-refractivity contribution in [3.05, 3.63) is 53.9 Å². The van der Waals surface area contributed by atoms with Crippen LogP contribution in [0.2, 0.25) is 0 Å². The van der Waals surface area contributed by atoms with Gasteiger partial charge in [0.1, 0.15) is 8.80 Å². The van der Waals surface area contributed by atoms with Gasteiger partial charge in [0.15, 0.2) is 0 Å². The second kappa shape index (κ2) is 6.57. The van der Waals surface area contributed by atoms with Crippen LogP contribution in [0.4, 0.5) is 0 Å². The zero-order chi connectivity index (χ0) is 11.9. The minimum Gasteiger partial charge on any atom is -0.381 e. The number of hydrogen-bond acceptors (Lipinski definition) is 1. The summed E-state index contributed by atoms with van der Waals surface area (Å²) in [5, 5.41) is 0. The van der Waals surface area contributed by atoms with Crippen LogP contribution in [0.1, 0.15) is 24.8 Å². The van der Waals surface area contributed by atoms with Gasteiger partial charge in [0.05, 0.1) is 5.73 Å². The zero-order valence-corrected chi connectivity index (χ0v) is 11.4. The largest absolute Gasteiger partial charge is 0.381 e. The monoisotopic (exact) mass is 244 g/mol. The van der Waals surface area contributed by atoms with E-state index < -0.39 is 8.80 Å². The van der Waals surface area contributed by atoms with E-state index in [9.17, 15) is 0 Å². The first-order chi connectivity index (χ1) is 8.40. The van der Waals surface area contributed by atoms with Gasteiger partial charge in [0.2, 0.25) is 0 Å². The van der Waals surface area contributed by atoms with Crippen molar-refractivity contribution in [2.75, 3.05) is 6.61 Å². The van der Waals surface area contributed by atoms with Crippen molar-refractivity contribution in [3.8, 4) is 0 Å². The summed E-state index contributed by atoms with van der Waals surface area (Å²) in [6.07, 6.45) is 5.96. The maximum atomic E-state index is 5.86. The summed E-state index contributed by atoms with van der Waals surface area (Å²) in [7, 11) is -1.10. The predicted octanol–water partition coefficient (Wildman–Crippen LogP) is 3.30. The Hall–Kier alpha value is -1.12. The minimum absolute atomic E-state index is 0.459. The Morgan fingerprint density at radius 1 is 1.24 bits per heavy atom. The molecule has 1 saturated heterocycles. The van der Waals surface area contributed by atoms with Gasteiger partial charge in [-0.1, -0.05) is 47.8 Å². The third-order valence-electron chi connectivity index (χ3n) is 3.23. The SMILES string of the molecule is C=C[SiH](C=Cc1ccccc1)C1CCCCO1. The quantitative estimate of drug-likeness (QED) is 0.738. The molecule has 2 heteroatoms. The van der Waals surface area contributed by atoms with Crippen molar-refractivity contribution < 1.29 is 4.74 Å². The van der Waals surface area contributed by atoms with E-state index in [0.717, 1.165) is 6.61 Å². The maximum absolute atomic E-state index is 5.86. The van der Waals surface area contributed by atoms with E-state index in [1.807, 2.05) is 6.07 Å². The van der Waals surface area contributed by atoms with E-state index in [2.05, 4.69) is 48.3 Å². The molecule has 0 spiro atoms. The second-order valence-corrected chi connectivity index (χ2v) is 7.24. The lowest BCUT2D eigenvalue weighted by Gasteiger charge is -2.25. The smallest absolute Gasteiger partial charge is 0.118 e. The van der Waals surface area contributed by atoms with Crippen molar-refractivity contribution in [3.63, 3.8) is 0 Å². The van der Waals surface area contributed by atoms with Crippen molar-refractivity contribution >= 4 is 14.9 Å². The molecule has 90 valence electrons. The Morgan fingerprint density at radius 2 is 2.06 bits per heavy atom. The van der Waals surface area contributed by atoms with Crippen LogP contribution < -0.4 is 0 Å². The van der Waals surface area contributed by atoms with Crippen LogP contribution in [0.5, 0.6) is 0 Å². The fourth-order valence-electron chi connectivity index (χ4n) is 2.21. The number of rotatable bonds is 4. The fraction of sp³-hybridized carbons (Fsp3) is 0.333. The molecule has 1 aliphatic heterocycles. The third kappa shape index (κ3) is 3.68. The molecule has 0 radical (unpaired) electrons. The average molecular weight is 244 g/mol. The summed E-state index contributed by atoms with van der Waals surface area (Å²) in [6, 6.07) is 10.5. The summed E-state index contributed by atoms with van der Waals surface area (Å²) >= 11 is 0. The molecule has 2 rings (SSSR count). The lowest BCUT2D eigenvalue weighted by Crippen LogP contribution is -2.33. The topological polar surface area (TPSA) is 9.23 Å². The van der Waals surface area contributed by atoms with E-state index >= 15 is 0 Å². The van der Waals surface area contributed by atoms with Crippen LogP contribution in [0.25, 0.3) is 6.08 Å². The Labute approximate surface area is 105 Å². The van der Waals surface area contributed by atoms with E-state index in [-0.39, 0.29) is 0 Å². The first-order valence-corrected chi connectivity index (χ1v) is 8.37. The lowest BCUT2D eigenvalue weighted by molar-refractivity contribution is 0.0642. The Kier molecular flexibility index (Phi) is 4.77. The summed E-state index contributed by atoms with van der Waals surface area (Å²) in [5.74, 6) is 0. The van der Waals surface area contributed by atoms with Gasteiger partial charge in [-0.05, 0) is 24.8 Å². The molecule has 17 heavy (non-hydrogen) atoms. The molecule has 0 aromatic heterocycles. The third-order valence-corrected chi connectivity index (χ3v) is 5.79. The van der Waals surface area contributed by atoms with Gasteiger partial charge in [0, 0.05) is 6.61 Å². The van der Waals surface area contributed by atoms with Crippen LogP contribution in [0.3, 0.4) is 0 Å². The molecular formula is C15H20OSi. The van der Waals surface area contributed by atoms with Crippen LogP contribution in [0.15, 0.2) is 48.3 Å².